The second-order valence-corrected chi connectivity index (χ2v) is 7.71. The van der Waals surface area contributed by atoms with Crippen LogP contribution < -0.4 is 16.4 Å². The van der Waals surface area contributed by atoms with Crippen LogP contribution in [0.15, 0.2) is 4.99 Å². The number of hydrogen-bond acceptors (Lipinski definition) is 4. The first-order chi connectivity index (χ1) is 13.0. The first kappa shape index (κ1) is 23.7. The van der Waals surface area contributed by atoms with E-state index in [2.05, 4.69) is 41.3 Å². The molecule has 1 rings (SSSR count). The molecule has 1 aliphatic rings. The van der Waals surface area contributed by atoms with Gasteiger partial charge < -0.3 is 26.0 Å². The highest BCUT2D eigenvalue weighted by Crippen LogP contribution is 2.16. The van der Waals surface area contributed by atoms with Crippen molar-refractivity contribution in [2.45, 2.75) is 52.9 Å². The fraction of sp³-hybridized carbons (Fsp3) is 0.900. The summed E-state index contributed by atoms with van der Waals surface area (Å²) < 4.78 is 5.63. The number of carbonyl (C=O) groups is 1. The van der Waals surface area contributed by atoms with Crippen molar-refractivity contribution in [2.75, 3.05) is 52.5 Å². The Labute approximate surface area is 165 Å². The predicted molar refractivity (Wildman–Crippen MR) is 112 cm³/mol. The van der Waals surface area contributed by atoms with Crippen LogP contribution in [0.1, 0.15) is 52.9 Å². The van der Waals surface area contributed by atoms with Crippen molar-refractivity contribution in [3.05, 3.63) is 0 Å². The topological polar surface area (TPSA) is 92.0 Å². The Balaban J connectivity index is 2.10. The smallest absolute Gasteiger partial charge is 0.220 e. The van der Waals surface area contributed by atoms with Gasteiger partial charge in [0.25, 0.3) is 0 Å². The minimum Gasteiger partial charge on any atom is -0.380 e. The lowest BCUT2D eigenvalue weighted by Gasteiger charge is -2.30. The van der Waals surface area contributed by atoms with E-state index in [0.717, 1.165) is 83.9 Å². The molecule has 1 fully saturated rings. The van der Waals surface area contributed by atoms with Gasteiger partial charge in [-0.2, -0.15) is 0 Å². The third kappa shape index (κ3) is 11.9. The summed E-state index contributed by atoms with van der Waals surface area (Å²) in [6.07, 6.45) is 5.11. The number of rotatable bonds is 13. The van der Waals surface area contributed by atoms with Gasteiger partial charge in [-0.15, -0.1) is 0 Å². The maximum atomic E-state index is 11.2. The first-order valence-electron chi connectivity index (χ1n) is 10.6. The van der Waals surface area contributed by atoms with E-state index in [0.29, 0.717) is 12.5 Å². The number of piperidine rings is 1. The summed E-state index contributed by atoms with van der Waals surface area (Å²) in [6.45, 7) is 13.5. The molecule has 0 spiro atoms. The normalized spacial score (nSPS) is 16.7. The third-order valence-electron chi connectivity index (χ3n) is 4.86. The lowest BCUT2D eigenvalue weighted by atomic mass is 9.96. The Hall–Kier alpha value is -1.34. The second-order valence-electron chi connectivity index (χ2n) is 7.71. The van der Waals surface area contributed by atoms with Gasteiger partial charge in [-0.05, 0) is 64.6 Å². The van der Waals surface area contributed by atoms with Crippen LogP contribution >= 0.6 is 0 Å². The average Bonchev–Trinajstić information content (AvgIpc) is 2.64. The van der Waals surface area contributed by atoms with E-state index in [4.69, 9.17) is 10.5 Å². The lowest BCUT2D eigenvalue weighted by Crippen LogP contribution is -2.39. The number of nitrogens with one attached hydrogen (secondary N) is 2. The number of unbranched alkanes of at least 4 members (excludes halogenated alkanes) is 1. The van der Waals surface area contributed by atoms with Crippen molar-refractivity contribution < 1.29 is 9.53 Å². The van der Waals surface area contributed by atoms with Crippen LogP contribution in [0.4, 0.5) is 0 Å². The molecular formula is C20H41N5O2. The van der Waals surface area contributed by atoms with Gasteiger partial charge in [0.1, 0.15) is 0 Å². The Morgan fingerprint density at radius 1 is 1.22 bits per heavy atom. The molecule has 7 nitrogen and oxygen atoms in total. The van der Waals surface area contributed by atoms with Crippen molar-refractivity contribution in [1.29, 1.82) is 0 Å². The number of amides is 1. The molecule has 0 saturated carbocycles. The minimum absolute atomic E-state index is 0.0777. The van der Waals surface area contributed by atoms with Crippen molar-refractivity contribution in [3.8, 4) is 0 Å². The zero-order valence-corrected chi connectivity index (χ0v) is 17.6. The molecule has 0 radical (unpaired) electrons. The molecule has 0 aromatic carbocycles. The Morgan fingerprint density at radius 3 is 2.59 bits per heavy atom. The molecule has 0 unspecified atom stereocenters. The molecule has 1 aliphatic heterocycles. The van der Waals surface area contributed by atoms with Gasteiger partial charge in [-0.25, -0.2) is 0 Å². The monoisotopic (exact) mass is 383 g/mol. The maximum Gasteiger partial charge on any atom is 0.220 e. The van der Waals surface area contributed by atoms with Crippen LogP contribution in [0.3, 0.4) is 0 Å². The van der Waals surface area contributed by atoms with Crippen LogP contribution in [-0.4, -0.2) is 69.2 Å². The summed E-state index contributed by atoms with van der Waals surface area (Å²) in [7, 11) is 0. The maximum absolute atomic E-state index is 11.2. The molecule has 7 heteroatoms. The van der Waals surface area contributed by atoms with Gasteiger partial charge in [-0.3, -0.25) is 9.79 Å². The van der Waals surface area contributed by atoms with Crippen LogP contribution in [0.2, 0.25) is 0 Å². The molecule has 0 bridgehead atoms. The minimum atomic E-state index is -0.141. The molecule has 0 aromatic heterocycles. The van der Waals surface area contributed by atoms with Crippen molar-refractivity contribution >= 4 is 11.9 Å². The zero-order chi connectivity index (χ0) is 19.9. The van der Waals surface area contributed by atoms with Crippen molar-refractivity contribution in [2.24, 2.45) is 22.6 Å². The van der Waals surface area contributed by atoms with Crippen LogP contribution in [0.25, 0.3) is 0 Å². The van der Waals surface area contributed by atoms with Crippen LogP contribution in [0.5, 0.6) is 0 Å². The molecule has 158 valence electrons. The summed E-state index contributed by atoms with van der Waals surface area (Å²) in [5.74, 6) is 1.49. The highest BCUT2D eigenvalue weighted by molar-refractivity contribution is 5.79. The van der Waals surface area contributed by atoms with Crippen LogP contribution in [-0.2, 0) is 9.53 Å². The van der Waals surface area contributed by atoms with Gasteiger partial charge in [0.05, 0.1) is 6.61 Å². The van der Waals surface area contributed by atoms with Gasteiger partial charge in [0.15, 0.2) is 5.96 Å². The molecule has 0 atom stereocenters. The molecular weight excluding hydrogens is 342 g/mol. The predicted octanol–water partition coefficient (Wildman–Crippen LogP) is 1.58. The fourth-order valence-corrected chi connectivity index (χ4v) is 3.08. The number of likely N-dealkylation sites (tertiary alicyclic amines) is 1. The van der Waals surface area contributed by atoms with Crippen LogP contribution in [0, 0.1) is 11.8 Å². The number of aliphatic imine (C=N–C) groups is 1. The van der Waals surface area contributed by atoms with Gasteiger partial charge >= 0.3 is 0 Å². The summed E-state index contributed by atoms with van der Waals surface area (Å²) in [5, 5.41) is 6.60. The molecule has 4 N–H and O–H groups in total. The van der Waals surface area contributed by atoms with E-state index >= 15 is 0 Å². The number of primary amides is 1. The fourth-order valence-electron chi connectivity index (χ4n) is 3.08. The zero-order valence-electron chi connectivity index (χ0n) is 17.6. The highest BCUT2D eigenvalue weighted by Gasteiger charge is 2.22. The van der Waals surface area contributed by atoms with Crippen molar-refractivity contribution in [3.63, 3.8) is 0 Å². The van der Waals surface area contributed by atoms with Gasteiger partial charge in [0, 0.05) is 32.2 Å². The molecule has 1 amide bonds. The number of guanidine groups is 1. The van der Waals surface area contributed by atoms with E-state index in [1.165, 1.54) is 0 Å². The molecule has 27 heavy (non-hydrogen) atoms. The number of nitrogens with zero attached hydrogens (tertiary/aromatic N) is 2. The standard InChI is InChI=1S/C20H41N5O2/c1-4-22-20(24-11-16-27-15-9-17(2)3)23-10-5-6-12-25-13-7-18(8-14-25)19(21)26/h17-18H,4-16H2,1-3H3,(H2,21,26)(H2,22,23,24). The Morgan fingerprint density at radius 2 is 1.96 bits per heavy atom. The SMILES string of the molecule is CCNC(=NCCCCN1CCC(C(N)=O)CC1)NCCOCCC(C)C. The largest absolute Gasteiger partial charge is 0.380 e. The van der Waals surface area contributed by atoms with E-state index in [9.17, 15) is 4.79 Å². The van der Waals surface area contributed by atoms with E-state index < -0.39 is 0 Å². The van der Waals surface area contributed by atoms with Gasteiger partial charge in [0.2, 0.25) is 5.91 Å². The second kappa shape index (κ2) is 14.7. The Kier molecular flexibility index (Phi) is 12.9. The number of ether oxygens (including phenoxy) is 1. The van der Waals surface area contributed by atoms with E-state index in [1.807, 2.05) is 0 Å². The van der Waals surface area contributed by atoms with E-state index in [1.54, 1.807) is 0 Å². The highest BCUT2D eigenvalue weighted by atomic mass is 16.5. The number of carbonyl (C=O) groups excluding carboxylic acids is 1. The number of nitrogens with two attached hydrogens (primary N) is 1. The quantitative estimate of drug-likeness (QED) is 0.255. The first-order valence-corrected chi connectivity index (χ1v) is 10.6. The lowest BCUT2D eigenvalue weighted by molar-refractivity contribution is -0.123. The summed E-state index contributed by atoms with van der Waals surface area (Å²) in [6, 6.07) is 0. The third-order valence-corrected chi connectivity index (χ3v) is 4.86. The summed E-state index contributed by atoms with van der Waals surface area (Å²) in [4.78, 5) is 18.3. The summed E-state index contributed by atoms with van der Waals surface area (Å²) >= 11 is 0. The van der Waals surface area contributed by atoms with Gasteiger partial charge in [-0.1, -0.05) is 13.8 Å². The Bertz CT molecular complexity index is 421. The molecule has 0 aromatic rings. The average molecular weight is 384 g/mol. The molecule has 1 heterocycles. The van der Waals surface area contributed by atoms with Crippen molar-refractivity contribution in [1.82, 2.24) is 15.5 Å². The van der Waals surface area contributed by atoms with E-state index in [-0.39, 0.29) is 11.8 Å². The summed E-state index contributed by atoms with van der Waals surface area (Å²) in [5.41, 5.74) is 5.38. The number of hydrogen-bond donors (Lipinski definition) is 3. The molecule has 1 saturated heterocycles. The molecule has 0 aliphatic carbocycles.